The van der Waals surface area contributed by atoms with Crippen LogP contribution in [0.4, 0.5) is 5.69 Å². The minimum atomic E-state index is -0.716. The van der Waals surface area contributed by atoms with Crippen LogP contribution in [0.3, 0.4) is 0 Å². The van der Waals surface area contributed by atoms with Crippen molar-refractivity contribution in [3.05, 3.63) is 96.2 Å². The number of aryl methyl sites for hydroxylation is 2. The Morgan fingerprint density at radius 2 is 1.74 bits per heavy atom. The number of benzene rings is 2. The van der Waals surface area contributed by atoms with Crippen molar-refractivity contribution in [3.8, 4) is 28.3 Å². The average Bonchev–Trinajstić information content (AvgIpc) is 3.65. The molecule has 0 radical (unpaired) electrons. The topological polar surface area (TPSA) is 128 Å². The van der Waals surface area contributed by atoms with E-state index in [-0.39, 0.29) is 33.6 Å². The SMILES string of the molecule is COc1nc(-c2cccc(-c3cccc(NC(=O)c4cn(C)c(=O)n(C)c4=O)c3Cl)c2Cl)cc2c1C(N1CC3(CCNC3=O)C1)CC2. The van der Waals surface area contributed by atoms with Gasteiger partial charge in [0.25, 0.3) is 11.5 Å². The summed E-state index contributed by atoms with van der Waals surface area (Å²) in [6.07, 6.45) is 3.85. The van der Waals surface area contributed by atoms with E-state index in [0.717, 1.165) is 59.2 Å². The average molecular weight is 676 g/mol. The van der Waals surface area contributed by atoms with Gasteiger partial charge in [0, 0.05) is 68.2 Å². The molecule has 0 bridgehead atoms. The van der Waals surface area contributed by atoms with Gasteiger partial charge in [0.15, 0.2) is 0 Å². The number of fused-ring (bicyclic) bond motifs is 1. The smallest absolute Gasteiger partial charge is 0.330 e. The van der Waals surface area contributed by atoms with Crippen molar-refractivity contribution in [2.75, 3.05) is 32.1 Å². The Kier molecular flexibility index (Phi) is 7.73. The van der Waals surface area contributed by atoms with Gasteiger partial charge in [-0.1, -0.05) is 53.5 Å². The van der Waals surface area contributed by atoms with Crippen LogP contribution in [0.15, 0.2) is 58.3 Å². The van der Waals surface area contributed by atoms with Gasteiger partial charge < -0.3 is 19.9 Å². The highest BCUT2D eigenvalue weighted by Crippen LogP contribution is 2.49. The maximum Gasteiger partial charge on any atom is 0.330 e. The van der Waals surface area contributed by atoms with Gasteiger partial charge in [0.05, 0.1) is 34.0 Å². The summed E-state index contributed by atoms with van der Waals surface area (Å²) in [6.45, 7) is 2.22. The minimum Gasteiger partial charge on any atom is -0.481 e. The fraction of sp³-hybridized carbons (Fsp3) is 0.324. The number of aromatic nitrogens is 3. The summed E-state index contributed by atoms with van der Waals surface area (Å²) in [5.74, 6) is 0.00311. The van der Waals surface area contributed by atoms with E-state index in [0.29, 0.717) is 33.3 Å². The van der Waals surface area contributed by atoms with E-state index in [9.17, 15) is 19.2 Å². The third-order valence-corrected chi connectivity index (χ3v) is 10.5. The molecule has 7 rings (SSSR count). The summed E-state index contributed by atoms with van der Waals surface area (Å²) in [6, 6.07) is 12.9. The van der Waals surface area contributed by atoms with Crippen LogP contribution in [0.5, 0.6) is 5.88 Å². The van der Waals surface area contributed by atoms with Crippen molar-refractivity contribution in [2.45, 2.75) is 25.3 Å². The predicted molar refractivity (Wildman–Crippen MR) is 179 cm³/mol. The van der Waals surface area contributed by atoms with Crippen LogP contribution in [-0.2, 0) is 25.3 Å². The summed E-state index contributed by atoms with van der Waals surface area (Å²) in [4.78, 5) is 57.5. The molecule has 11 nitrogen and oxygen atoms in total. The number of nitrogens with zero attached hydrogens (tertiary/aromatic N) is 4. The molecule has 2 fully saturated rings. The number of anilines is 1. The third-order valence-electron chi connectivity index (χ3n) is 9.65. The highest BCUT2D eigenvalue weighted by molar-refractivity contribution is 6.39. The Bertz CT molecular complexity index is 2100. The largest absolute Gasteiger partial charge is 0.481 e. The van der Waals surface area contributed by atoms with E-state index >= 15 is 0 Å². The first-order chi connectivity index (χ1) is 22.5. The Morgan fingerprint density at radius 3 is 2.45 bits per heavy atom. The van der Waals surface area contributed by atoms with E-state index in [1.54, 1.807) is 25.3 Å². The molecule has 1 spiro atoms. The molecule has 2 N–H and O–H groups in total. The first kappa shape index (κ1) is 31.2. The van der Waals surface area contributed by atoms with E-state index in [4.69, 9.17) is 32.9 Å². The molecule has 1 atom stereocenters. The second-order valence-corrected chi connectivity index (χ2v) is 13.2. The highest BCUT2D eigenvalue weighted by Gasteiger charge is 2.54. The number of carbonyl (C=O) groups excluding carboxylic acids is 2. The van der Waals surface area contributed by atoms with Crippen LogP contribution < -0.4 is 26.6 Å². The molecule has 242 valence electrons. The van der Waals surface area contributed by atoms with Gasteiger partial charge in [-0.15, -0.1) is 0 Å². The lowest BCUT2D eigenvalue weighted by molar-refractivity contribution is -0.139. The number of pyridine rings is 1. The molecule has 4 aromatic rings. The Morgan fingerprint density at radius 1 is 1.04 bits per heavy atom. The number of rotatable bonds is 6. The third kappa shape index (κ3) is 5.04. The van der Waals surface area contributed by atoms with E-state index in [1.165, 1.54) is 20.3 Å². The molecule has 1 aliphatic carbocycles. The Hall–Kier alpha value is -4.45. The van der Waals surface area contributed by atoms with Crippen LogP contribution in [0.25, 0.3) is 22.4 Å². The lowest BCUT2D eigenvalue weighted by Crippen LogP contribution is -2.60. The molecule has 2 amide bonds. The molecule has 2 saturated heterocycles. The maximum absolute atomic E-state index is 13.1. The van der Waals surface area contributed by atoms with Gasteiger partial charge in [0.2, 0.25) is 11.8 Å². The van der Waals surface area contributed by atoms with Gasteiger partial charge in [0.1, 0.15) is 5.56 Å². The van der Waals surface area contributed by atoms with Gasteiger partial charge in [-0.2, -0.15) is 0 Å². The standard InChI is InChI=1S/C34H32Cl2N6O5/c1-40-15-22(31(44)41(2)33(40)46)29(43)38-23-9-5-7-20(28(23)36)19-6-4-8-21(27(19)35)24-14-18-10-11-25(26(18)30(39-24)47-3)42-16-34(17-42)12-13-37-32(34)45/h4-9,14-15,25H,10-13,16-17H2,1-3H3,(H,37,45)(H,38,43). The quantitative estimate of drug-likeness (QED) is 0.314. The zero-order valence-electron chi connectivity index (χ0n) is 26.0. The number of nitrogens with one attached hydrogen (secondary N) is 2. The zero-order valence-corrected chi connectivity index (χ0v) is 27.5. The molecule has 2 aliphatic heterocycles. The predicted octanol–water partition coefficient (Wildman–Crippen LogP) is 4.19. The highest BCUT2D eigenvalue weighted by atomic mass is 35.5. The number of hydrogen-bond acceptors (Lipinski definition) is 7. The summed E-state index contributed by atoms with van der Waals surface area (Å²) in [5, 5.41) is 6.33. The molecular formula is C34H32Cl2N6O5. The van der Waals surface area contributed by atoms with Gasteiger partial charge in [-0.05, 0) is 37.0 Å². The molecule has 47 heavy (non-hydrogen) atoms. The second-order valence-electron chi connectivity index (χ2n) is 12.4. The Labute approximate surface area is 280 Å². The van der Waals surface area contributed by atoms with E-state index < -0.39 is 17.2 Å². The molecule has 2 aromatic carbocycles. The zero-order chi connectivity index (χ0) is 33.2. The van der Waals surface area contributed by atoms with Crippen molar-refractivity contribution in [1.82, 2.24) is 24.3 Å². The van der Waals surface area contributed by atoms with Gasteiger partial charge in [-0.25, -0.2) is 9.78 Å². The van der Waals surface area contributed by atoms with Crippen LogP contribution in [0.1, 0.15) is 40.4 Å². The summed E-state index contributed by atoms with van der Waals surface area (Å²) in [5.41, 5.74) is 3.31. The molecule has 13 heteroatoms. The molecular weight excluding hydrogens is 643 g/mol. The monoisotopic (exact) mass is 674 g/mol. The number of amides is 2. The van der Waals surface area contributed by atoms with E-state index in [1.807, 2.05) is 18.2 Å². The normalized spacial score (nSPS) is 18.1. The number of likely N-dealkylation sites (tertiary alicyclic amines) is 1. The van der Waals surface area contributed by atoms with Crippen LogP contribution in [0, 0.1) is 5.41 Å². The van der Waals surface area contributed by atoms with Crippen LogP contribution in [0.2, 0.25) is 10.0 Å². The number of methoxy groups -OCH3 is 1. The molecule has 0 saturated carbocycles. The molecule has 2 aromatic heterocycles. The second kappa shape index (κ2) is 11.7. The van der Waals surface area contributed by atoms with Crippen LogP contribution in [-0.4, -0.2) is 57.6 Å². The summed E-state index contributed by atoms with van der Waals surface area (Å²) in [7, 11) is 4.39. The van der Waals surface area contributed by atoms with Crippen molar-refractivity contribution >= 4 is 40.7 Å². The summed E-state index contributed by atoms with van der Waals surface area (Å²) >= 11 is 13.9. The van der Waals surface area contributed by atoms with Gasteiger partial charge >= 0.3 is 5.69 Å². The molecule has 1 unspecified atom stereocenters. The lowest BCUT2D eigenvalue weighted by atomic mass is 9.77. The molecule has 3 aliphatic rings. The number of ether oxygens (including phenoxy) is 1. The van der Waals surface area contributed by atoms with Crippen molar-refractivity contribution in [2.24, 2.45) is 19.5 Å². The summed E-state index contributed by atoms with van der Waals surface area (Å²) < 4.78 is 7.87. The Balaban J connectivity index is 1.19. The number of hydrogen-bond donors (Lipinski definition) is 2. The van der Waals surface area contributed by atoms with E-state index in [2.05, 4.69) is 21.6 Å². The fourth-order valence-corrected chi connectivity index (χ4v) is 7.74. The number of carbonyl (C=O) groups is 2. The fourth-order valence-electron chi connectivity index (χ4n) is 7.14. The lowest BCUT2D eigenvalue weighted by Gasteiger charge is -2.49. The number of halogens is 2. The van der Waals surface area contributed by atoms with Crippen molar-refractivity contribution in [3.63, 3.8) is 0 Å². The van der Waals surface area contributed by atoms with Crippen molar-refractivity contribution < 1.29 is 14.3 Å². The van der Waals surface area contributed by atoms with Crippen molar-refractivity contribution in [1.29, 1.82) is 0 Å². The first-order valence-electron chi connectivity index (χ1n) is 15.3. The minimum absolute atomic E-state index is 0.139. The first-order valence-corrected chi connectivity index (χ1v) is 16.0. The molecule has 4 heterocycles. The van der Waals surface area contributed by atoms with Crippen LogP contribution >= 0.6 is 23.2 Å². The van der Waals surface area contributed by atoms with Gasteiger partial charge in [-0.3, -0.25) is 23.9 Å². The maximum atomic E-state index is 13.1.